The minimum atomic E-state index is -2.70. The molecule has 1 aliphatic rings. The van der Waals surface area contributed by atoms with Crippen molar-refractivity contribution in [3.05, 3.63) is 23.3 Å². The molecule has 0 amide bonds. The van der Waals surface area contributed by atoms with Crippen LogP contribution in [0.25, 0.3) is 0 Å². The molecule has 5 nitrogen and oxygen atoms in total. The molecule has 0 saturated carbocycles. The molecule has 1 aromatic carbocycles. The minimum absolute atomic E-state index is 0.0157. The Morgan fingerprint density at radius 1 is 1.53 bits per heavy atom. The van der Waals surface area contributed by atoms with Crippen molar-refractivity contribution in [2.45, 2.75) is 19.2 Å². The summed E-state index contributed by atoms with van der Waals surface area (Å²) in [7, 11) is -1.10. The number of aryl methyl sites for hydroxylation is 1. The third-order valence-corrected chi connectivity index (χ3v) is 2.69. The van der Waals surface area contributed by atoms with Crippen molar-refractivity contribution in [1.82, 2.24) is 0 Å². The summed E-state index contributed by atoms with van der Waals surface area (Å²) in [6.45, 7) is -0.901. The summed E-state index contributed by atoms with van der Waals surface area (Å²) in [5.41, 5.74) is 0.268. The third-order valence-electron chi connectivity index (χ3n) is 2.69. The highest BCUT2D eigenvalue weighted by molar-refractivity contribution is 6.44. The van der Waals surface area contributed by atoms with E-state index in [1.54, 1.807) is 6.07 Å². The van der Waals surface area contributed by atoms with E-state index in [0.717, 1.165) is 0 Å². The zero-order chi connectivity index (χ0) is 14.0. The zero-order valence-electron chi connectivity index (χ0n) is 9.81. The molecule has 2 rings (SSSR count). The average Bonchev–Trinajstić information content (AvgIpc) is 2.34. The van der Waals surface area contributed by atoms with Gasteiger partial charge in [0.1, 0.15) is 23.7 Å². The van der Waals surface area contributed by atoms with Gasteiger partial charge in [-0.25, -0.2) is 13.6 Å². The van der Waals surface area contributed by atoms with Crippen LogP contribution >= 0.6 is 0 Å². The molecular formula is C11H11BF2O5. The van der Waals surface area contributed by atoms with Crippen molar-refractivity contribution in [1.29, 1.82) is 0 Å². The van der Waals surface area contributed by atoms with Crippen LogP contribution in [0.1, 0.15) is 15.9 Å². The lowest BCUT2D eigenvalue weighted by Crippen LogP contribution is -2.28. The summed E-state index contributed by atoms with van der Waals surface area (Å²) in [5, 5.41) is 18.5. The zero-order valence-corrected chi connectivity index (χ0v) is 9.81. The fourth-order valence-corrected chi connectivity index (χ4v) is 1.89. The molecule has 1 aromatic rings. The van der Waals surface area contributed by atoms with Crippen LogP contribution in [0.3, 0.4) is 0 Å². The van der Waals surface area contributed by atoms with Crippen LogP contribution in [0.2, 0.25) is 6.32 Å². The number of rotatable bonds is 4. The normalized spacial score (nSPS) is 14.0. The number of carboxylic acids is 1. The minimum Gasteiger partial charge on any atom is -0.535 e. The molecular weight excluding hydrogens is 261 g/mol. The molecule has 0 atom stereocenters. The number of hydrogen-bond acceptors (Lipinski definition) is 4. The maximum atomic E-state index is 12.1. The molecule has 102 valence electrons. The fourth-order valence-electron chi connectivity index (χ4n) is 1.89. The highest BCUT2D eigenvalue weighted by Crippen LogP contribution is 2.36. The van der Waals surface area contributed by atoms with Gasteiger partial charge >= 0.3 is 13.1 Å². The molecule has 1 aliphatic heterocycles. The van der Waals surface area contributed by atoms with Crippen LogP contribution in [0, 0.1) is 0 Å². The van der Waals surface area contributed by atoms with Gasteiger partial charge in [-0.2, -0.15) is 0 Å². The van der Waals surface area contributed by atoms with Crippen molar-refractivity contribution in [3.63, 3.8) is 0 Å². The number of benzene rings is 1. The number of aromatic carboxylic acids is 1. The lowest BCUT2D eigenvalue weighted by Gasteiger charge is -2.22. The average molecular weight is 272 g/mol. The highest BCUT2D eigenvalue weighted by Gasteiger charge is 2.30. The van der Waals surface area contributed by atoms with E-state index in [4.69, 9.17) is 14.5 Å². The Bertz CT molecular complexity index is 494. The van der Waals surface area contributed by atoms with Gasteiger partial charge in [0, 0.05) is 0 Å². The van der Waals surface area contributed by atoms with Crippen LogP contribution < -0.4 is 9.39 Å². The molecule has 0 bridgehead atoms. The Morgan fingerprint density at radius 2 is 2.26 bits per heavy atom. The van der Waals surface area contributed by atoms with Crippen molar-refractivity contribution < 1.29 is 33.1 Å². The largest absolute Gasteiger partial charge is 0.535 e. The van der Waals surface area contributed by atoms with Gasteiger partial charge in [-0.1, -0.05) is 6.07 Å². The molecule has 0 aromatic heterocycles. The topological polar surface area (TPSA) is 76.0 Å². The molecule has 0 spiro atoms. The van der Waals surface area contributed by atoms with E-state index in [1.807, 2.05) is 0 Å². The number of halogens is 2. The molecule has 0 saturated heterocycles. The van der Waals surface area contributed by atoms with E-state index in [-0.39, 0.29) is 17.1 Å². The Labute approximate surface area is 107 Å². The van der Waals surface area contributed by atoms with Gasteiger partial charge in [0.05, 0.1) is 0 Å². The van der Waals surface area contributed by atoms with Crippen LogP contribution in [-0.4, -0.2) is 36.3 Å². The Morgan fingerprint density at radius 3 is 2.89 bits per heavy atom. The van der Waals surface area contributed by atoms with Crippen LogP contribution in [-0.2, 0) is 6.42 Å². The first-order chi connectivity index (χ1) is 8.99. The fraction of sp³-hybridized carbons (Fsp3) is 0.364. The van der Waals surface area contributed by atoms with E-state index >= 15 is 0 Å². The van der Waals surface area contributed by atoms with Gasteiger partial charge in [-0.3, -0.25) is 0 Å². The van der Waals surface area contributed by atoms with Gasteiger partial charge in [0.25, 0.3) is 6.43 Å². The summed E-state index contributed by atoms with van der Waals surface area (Å²) in [6.07, 6.45) is -1.90. The van der Waals surface area contributed by atoms with Gasteiger partial charge in [0.15, 0.2) is 0 Å². The summed E-state index contributed by atoms with van der Waals surface area (Å²) in [5.74, 6) is -1.56. The lowest BCUT2D eigenvalue weighted by atomic mass is 9.78. The molecule has 1 heterocycles. The Balaban J connectivity index is 2.39. The molecule has 0 unspecified atom stereocenters. The second-order valence-corrected chi connectivity index (χ2v) is 4.05. The van der Waals surface area contributed by atoms with Gasteiger partial charge in [0.2, 0.25) is 0 Å². The van der Waals surface area contributed by atoms with Crippen molar-refractivity contribution in [2.75, 3.05) is 6.61 Å². The summed E-state index contributed by atoms with van der Waals surface area (Å²) >= 11 is 0. The maximum absolute atomic E-state index is 12.1. The number of ether oxygens (including phenoxy) is 1. The number of hydrogen-bond donors (Lipinski definition) is 2. The van der Waals surface area contributed by atoms with E-state index in [9.17, 15) is 18.6 Å². The molecule has 0 fully saturated rings. The number of carboxylic acid groups (broad SMARTS) is 1. The lowest BCUT2D eigenvalue weighted by molar-refractivity contribution is 0.0660. The molecule has 8 heteroatoms. The van der Waals surface area contributed by atoms with Crippen molar-refractivity contribution in [2.24, 2.45) is 0 Å². The molecule has 19 heavy (non-hydrogen) atoms. The number of alkyl halides is 2. The standard InChI is InChI=1S/C11H11BF2O5/c13-8(14)5-18-7-2-1-6-3-4-12(17)19-10(6)9(7)11(15)16/h1-2,8,17H,3-5H2,(H,15,16). The molecule has 0 radical (unpaired) electrons. The van der Waals surface area contributed by atoms with E-state index in [2.05, 4.69) is 0 Å². The van der Waals surface area contributed by atoms with Crippen LogP contribution in [0.5, 0.6) is 11.5 Å². The van der Waals surface area contributed by atoms with Crippen LogP contribution in [0.15, 0.2) is 12.1 Å². The Hall–Kier alpha value is -1.83. The predicted molar refractivity (Wildman–Crippen MR) is 62.0 cm³/mol. The smallest absolute Gasteiger partial charge is 0.522 e. The van der Waals surface area contributed by atoms with Crippen molar-refractivity contribution >= 4 is 13.1 Å². The van der Waals surface area contributed by atoms with E-state index < -0.39 is 26.1 Å². The summed E-state index contributed by atoms with van der Waals surface area (Å²) in [4.78, 5) is 11.2. The van der Waals surface area contributed by atoms with Gasteiger partial charge < -0.3 is 19.5 Å². The SMILES string of the molecule is O=C(O)c1c(OCC(F)F)ccc2c1OB(O)CC2. The number of carbonyl (C=O) groups is 1. The third kappa shape index (κ3) is 2.95. The number of fused-ring (bicyclic) bond motifs is 1. The van der Waals surface area contributed by atoms with Gasteiger partial charge in [-0.15, -0.1) is 0 Å². The summed E-state index contributed by atoms with van der Waals surface area (Å²) in [6, 6.07) is 2.88. The first-order valence-corrected chi connectivity index (χ1v) is 5.64. The highest BCUT2D eigenvalue weighted by atomic mass is 19.3. The Kier molecular flexibility index (Phi) is 3.89. The first kappa shape index (κ1) is 13.6. The van der Waals surface area contributed by atoms with E-state index in [0.29, 0.717) is 18.3 Å². The van der Waals surface area contributed by atoms with Crippen LogP contribution in [0.4, 0.5) is 8.78 Å². The summed E-state index contributed by atoms with van der Waals surface area (Å²) < 4.78 is 34.1. The monoisotopic (exact) mass is 272 g/mol. The second-order valence-electron chi connectivity index (χ2n) is 4.05. The quantitative estimate of drug-likeness (QED) is 0.811. The van der Waals surface area contributed by atoms with E-state index in [1.165, 1.54) is 6.07 Å². The molecule has 0 aliphatic carbocycles. The molecule has 2 N–H and O–H groups in total. The first-order valence-electron chi connectivity index (χ1n) is 5.64. The predicted octanol–water partition coefficient (Wildman–Crippen LogP) is 1.44. The van der Waals surface area contributed by atoms with Crippen molar-refractivity contribution in [3.8, 4) is 11.5 Å². The second kappa shape index (κ2) is 5.44. The van der Waals surface area contributed by atoms with Gasteiger partial charge in [-0.05, 0) is 24.4 Å². The maximum Gasteiger partial charge on any atom is 0.522 e.